The molecule has 1 amide bonds. The van der Waals surface area contributed by atoms with E-state index >= 15 is 0 Å². The van der Waals surface area contributed by atoms with Crippen LogP contribution in [0.15, 0.2) is 30.3 Å². The van der Waals surface area contributed by atoms with Gasteiger partial charge in [0.1, 0.15) is 12.6 Å². The molecule has 0 bridgehead atoms. The molecule has 130 valence electrons. The summed E-state index contributed by atoms with van der Waals surface area (Å²) in [6.07, 6.45) is 0. The third kappa shape index (κ3) is 6.52. The lowest BCUT2D eigenvalue weighted by Crippen LogP contribution is -2.40. The molecule has 1 aliphatic rings. The molecule has 8 nitrogen and oxygen atoms in total. The minimum Gasteiger partial charge on any atom is -0.480 e. The van der Waals surface area contributed by atoms with Gasteiger partial charge in [-0.3, -0.25) is 19.7 Å². The molecule has 1 aromatic carbocycles. The maximum absolute atomic E-state index is 11.0. The van der Waals surface area contributed by atoms with Crippen molar-refractivity contribution in [3.8, 4) is 0 Å². The Hall–Kier alpha value is -2.17. The Morgan fingerprint density at radius 1 is 1.33 bits per heavy atom. The fourth-order valence-corrected chi connectivity index (χ4v) is 2.27. The zero-order valence-corrected chi connectivity index (χ0v) is 14.2. The smallest absolute Gasteiger partial charge is 0.321 e. The molecule has 0 aliphatic carbocycles. The van der Waals surface area contributed by atoms with E-state index in [9.17, 15) is 14.4 Å². The van der Waals surface area contributed by atoms with Crippen LogP contribution in [0.4, 0.5) is 5.69 Å². The number of thiol groups is 1. The molecule has 1 heterocycles. The fraction of sp³-hybridized carbons (Fsp3) is 0.286. The van der Waals surface area contributed by atoms with Crippen LogP contribution in [0, 0.1) is 0 Å². The molecule has 2 rings (SSSR count). The van der Waals surface area contributed by atoms with Crippen molar-refractivity contribution in [3.63, 3.8) is 0 Å². The van der Waals surface area contributed by atoms with Gasteiger partial charge in [-0.1, -0.05) is 18.2 Å². The summed E-state index contributed by atoms with van der Waals surface area (Å²) in [6.45, 7) is -0.0413. The maximum atomic E-state index is 11.0. The summed E-state index contributed by atoms with van der Waals surface area (Å²) in [5, 5.41) is 21.9. The molecule has 1 aromatic rings. The molecule has 10 heteroatoms. The summed E-state index contributed by atoms with van der Waals surface area (Å²) in [7, 11) is 0. The van der Waals surface area contributed by atoms with E-state index in [0.717, 1.165) is 5.69 Å². The second-order valence-electron chi connectivity index (χ2n) is 4.62. The number of hydrogen-bond acceptors (Lipinski definition) is 6. The molecule has 1 fully saturated rings. The predicted octanol–water partition coefficient (Wildman–Crippen LogP) is -0.0487. The summed E-state index contributed by atoms with van der Waals surface area (Å²) in [4.78, 5) is 33.0. The number of rotatable bonds is 6. The SMILES string of the molecule is O=C(O)CN[C@@H](CS)C(=O)O.O=C1CN(c2ccccc2)C(=S)N1. The second kappa shape index (κ2) is 9.85. The lowest BCUT2D eigenvalue weighted by atomic mass is 10.3. The first-order valence-corrected chi connectivity index (χ1v) is 7.84. The number of nitrogens with zero attached hydrogens (tertiary/aromatic N) is 1. The number of benzene rings is 1. The lowest BCUT2D eigenvalue weighted by Gasteiger charge is -2.14. The topological polar surface area (TPSA) is 119 Å². The Labute approximate surface area is 149 Å². The molecule has 0 aromatic heterocycles. The molecular formula is C14H17N3O5S2. The van der Waals surface area contributed by atoms with Crippen molar-refractivity contribution in [1.82, 2.24) is 10.6 Å². The van der Waals surface area contributed by atoms with Gasteiger partial charge < -0.3 is 20.4 Å². The summed E-state index contributed by atoms with van der Waals surface area (Å²) in [5.41, 5.74) is 0.950. The monoisotopic (exact) mass is 371 g/mol. The third-order valence-electron chi connectivity index (χ3n) is 2.84. The van der Waals surface area contributed by atoms with E-state index in [1.165, 1.54) is 0 Å². The van der Waals surface area contributed by atoms with Crippen LogP contribution in [0.2, 0.25) is 0 Å². The van der Waals surface area contributed by atoms with Crippen LogP contribution in [-0.2, 0) is 14.4 Å². The molecule has 0 spiro atoms. The number of amides is 1. The number of thiocarbonyl (C=S) groups is 1. The van der Waals surface area contributed by atoms with Crippen LogP contribution in [0.25, 0.3) is 0 Å². The van der Waals surface area contributed by atoms with E-state index in [1.807, 2.05) is 30.3 Å². The summed E-state index contributed by atoms with van der Waals surface area (Å²) < 4.78 is 0. The Balaban J connectivity index is 0.000000245. The van der Waals surface area contributed by atoms with Crippen LogP contribution in [0.3, 0.4) is 0 Å². The minimum absolute atomic E-state index is 0.0474. The second-order valence-corrected chi connectivity index (χ2v) is 5.37. The highest BCUT2D eigenvalue weighted by Gasteiger charge is 2.24. The number of anilines is 1. The Kier molecular flexibility index (Phi) is 8.16. The van der Waals surface area contributed by atoms with Crippen molar-refractivity contribution in [1.29, 1.82) is 0 Å². The van der Waals surface area contributed by atoms with Crippen molar-refractivity contribution in [2.45, 2.75) is 6.04 Å². The first-order valence-electron chi connectivity index (χ1n) is 6.80. The zero-order chi connectivity index (χ0) is 18.1. The molecule has 0 unspecified atom stereocenters. The highest BCUT2D eigenvalue weighted by atomic mass is 32.1. The number of hydrogen-bond donors (Lipinski definition) is 5. The van der Waals surface area contributed by atoms with Crippen LogP contribution >= 0.6 is 24.8 Å². The summed E-state index contributed by atoms with van der Waals surface area (Å²) in [5.74, 6) is -2.16. The number of carboxylic acids is 2. The number of carboxylic acid groups (broad SMARTS) is 2. The van der Waals surface area contributed by atoms with E-state index in [4.69, 9.17) is 22.4 Å². The third-order valence-corrected chi connectivity index (χ3v) is 3.53. The van der Waals surface area contributed by atoms with Crippen LogP contribution < -0.4 is 15.5 Å². The Morgan fingerprint density at radius 3 is 2.38 bits per heavy atom. The van der Waals surface area contributed by atoms with E-state index in [-0.39, 0.29) is 18.2 Å². The van der Waals surface area contributed by atoms with Gasteiger partial charge in [-0.05, 0) is 24.4 Å². The quantitative estimate of drug-likeness (QED) is 0.349. The largest absolute Gasteiger partial charge is 0.480 e. The van der Waals surface area contributed by atoms with Gasteiger partial charge in [-0.25, -0.2) is 0 Å². The van der Waals surface area contributed by atoms with Crippen molar-refractivity contribution in [3.05, 3.63) is 30.3 Å². The van der Waals surface area contributed by atoms with E-state index in [2.05, 4.69) is 23.3 Å². The van der Waals surface area contributed by atoms with Gasteiger partial charge in [0.25, 0.3) is 0 Å². The molecule has 1 atom stereocenters. The maximum Gasteiger partial charge on any atom is 0.321 e. The van der Waals surface area contributed by atoms with E-state index in [1.54, 1.807) is 4.90 Å². The number of para-hydroxylation sites is 1. The van der Waals surface area contributed by atoms with Gasteiger partial charge in [-0.2, -0.15) is 12.6 Å². The van der Waals surface area contributed by atoms with Gasteiger partial charge in [-0.15, -0.1) is 0 Å². The standard InChI is InChI=1S/C9H8N2OS.C5H9NO4S/c12-8-6-11(9(13)10-8)7-4-2-1-3-5-7;7-4(8)1-6-3(2-11)5(9)10/h1-5H,6H2,(H,10,12,13);3,6,11H,1-2H2,(H,7,8)(H,9,10)/t;3-/m.0/s1. The number of aliphatic carboxylic acids is 2. The van der Waals surface area contributed by atoms with Gasteiger partial charge >= 0.3 is 11.9 Å². The number of carbonyl (C=O) groups excluding carboxylic acids is 1. The van der Waals surface area contributed by atoms with Crippen molar-refractivity contribution in [2.24, 2.45) is 0 Å². The van der Waals surface area contributed by atoms with E-state index in [0.29, 0.717) is 11.7 Å². The lowest BCUT2D eigenvalue weighted by molar-refractivity contribution is -0.139. The first kappa shape index (κ1) is 19.9. The van der Waals surface area contributed by atoms with Crippen LogP contribution in [0.1, 0.15) is 0 Å². The molecule has 0 saturated carbocycles. The molecule has 24 heavy (non-hydrogen) atoms. The van der Waals surface area contributed by atoms with Gasteiger partial charge in [0, 0.05) is 11.4 Å². The highest BCUT2D eigenvalue weighted by molar-refractivity contribution is 7.80. The van der Waals surface area contributed by atoms with Crippen LogP contribution in [-0.4, -0.2) is 58.1 Å². The highest BCUT2D eigenvalue weighted by Crippen LogP contribution is 2.15. The number of carbonyl (C=O) groups is 3. The normalized spacial score (nSPS) is 14.5. The zero-order valence-electron chi connectivity index (χ0n) is 12.5. The Morgan fingerprint density at radius 2 is 1.96 bits per heavy atom. The molecule has 4 N–H and O–H groups in total. The van der Waals surface area contributed by atoms with Crippen molar-refractivity contribution in [2.75, 3.05) is 23.7 Å². The fourth-order valence-electron chi connectivity index (χ4n) is 1.70. The summed E-state index contributed by atoms with van der Waals surface area (Å²) in [6, 6.07) is 8.72. The Bertz CT molecular complexity index is 612. The van der Waals surface area contributed by atoms with Crippen molar-refractivity contribution < 1.29 is 24.6 Å². The molecule has 1 aliphatic heterocycles. The minimum atomic E-state index is -1.10. The number of nitrogens with one attached hydrogen (secondary N) is 2. The van der Waals surface area contributed by atoms with Crippen molar-refractivity contribution >= 4 is 53.5 Å². The van der Waals surface area contributed by atoms with Gasteiger partial charge in [0.05, 0.1) is 6.54 Å². The molecule has 1 saturated heterocycles. The predicted molar refractivity (Wildman–Crippen MR) is 95.4 cm³/mol. The summed E-state index contributed by atoms with van der Waals surface area (Å²) >= 11 is 8.71. The average molecular weight is 371 g/mol. The van der Waals surface area contributed by atoms with Gasteiger partial charge in [0.15, 0.2) is 5.11 Å². The molecular weight excluding hydrogens is 354 g/mol. The molecule has 0 radical (unpaired) electrons. The van der Waals surface area contributed by atoms with Crippen LogP contribution in [0.5, 0.6) is 0 Å². The first-order chi connectivity index (χ1) is 11.3. The van der Waals surface area contributed by atoms with E-state index < -0.39 is 18.0 Å². The average Bonchev–Trinajstić information content (AvgIpc) is 2.87. The van der Waals surface area contributed by atoms with Gasteiger partial charge in [0.2, 0.25) is 5.91 Å².